The Hall–Kier alpha value is -4.93. The number of fused-ring (bicyclic) bond motifs is 7. The molecule has 47 heavy (non-hydrogen) atoms. The Labute approximate surface area is 272 Å². The predicted octanol–water partition coefficient (Wildman–Crippen LogP) is 4.05. The van der Waals surface area contributed by atoms with Crippen LogP contribution in [0.1, 0.15) is 39.9 Å². The highest BCUT2D eigenvalue weighted by atomic mass is 16.7. The summed E-state index contributed by atoms with van der Waals surface area (Å²) >= 11 is 0. The van der Waals surface area contributed by atoms with Crippen LogP contribution in [0.15, 0.2) is 37.4 Å². The van der Waals surface area contributed by atoms with Gasteiger partial charge >= 0.3 is 12.1 Å². The molecular weight excluding hydrogens is 610 g/mol. The van der Waals surface area contributed by atoms with Gasteiger partial charge in [0.25, 0.3) is 0 Å². The van der Waals surface area contributed by atoms with Crippen LogP contribution in [0, 0.1) is 25.2 Å². The number of nitriles is 1. The first kappa shape index (κ1) is 32.0. The van der Waals surface area contributed by atoms with Crippen LogP contribution >= 0.6 is 0 Å². The third-order valence-corrected chi connectivity index (χ3v) is 8.99. The van der Waals surface area contributed by atoms with Crippen LogP contribution < -0.4 is 23.7 Å². The van der Waals surface area contributed by atoms with Crippen LogP contribution in [0.3, 0.4) is 0 Å². The Balaban J connectivity index is 1.57. The van der Waals surface area contributed by atoms with Gasteiger partial charge in [-0.15, -0.1) is 0 Å². The number of hydrogen-bond donors (Lipinski definition) is 0. The number of benzene rings is 2. The van der Waals surface area contributed by atoms with E-state index in [9.17, 15) is 14.9 Å². The van der Waals surface area contributed by atoms with Crippen LogP contribution in [0.5, 0.6) is 28.7 Å². The van der Waals surface area contributed by atoms with Crippen LogP contribution in [-0.4, -0.2) is 87.6 Å². The summed E-state index contributed by atoms with van der Waals surface area (Å²) in [7, 11) is 3.06. The van der Waals surface area contributed by atoms with Gasteiger partial charge in [0.05, 0.1) is 31.3 Å². The molecule has 2 aromatic rings. The molecule has 13 nitrogen and oxygen atoms in total. The van der Waals surface area contributed by atoms with Gasteiger partial charge in [-0.2, -0.15) is 5.26 Å². The number of hydrogen-bond acceptors (Lipinski definition) is 12. The monoisotopic (exact) mass is 647 g/mol. The molecule has 0 N–H and O–H groups in total. The van der Waals surface area contributed by atoms with Gasteiger partial charge in [0.2, 0.25) is 6.79 Å². The molecule has 0 radical (unpaired) electrons. The van der Waals surface area contributed by atoms with Crippen molar-refractivity contribution in [2.75, 3.05) is 47.6 Å². The number of morpholine rings is 1. The molecule has 2 fully saturated rings. The number of rotatable bonds is 10. The van der Waals surface area contributed by atoms with E-state index in [1.807, 2.05) is 24.8 Å². The SMILES string of the molecule is C=CCOC(=O)N1[C@@H]2Cc3cc(C)c(OC)c(OCC=C)c3[C@@H]1[C@@H]1COC(=O)[C@@H](c3cc(OCOC)c(C)c4c3OCO4)N1[C@H]2C#N. The largest absolute Gasteiger partial charge is 0.493 e. The number of cyclic esters (lactones) is 1. The van der Waals surface area contributed by atoms with Crippen molar-refractivity contribution in [2.24, 2.45) is 0 Å². The van der Waals surface area contributed by atoms with Gasteiger partial charge in [0, 0.05) is 23.8 Å². The Morgan fingerprint density at radius 1 is 1.06 bits per heavy atom. The number of ether oxygens (including phenoxy) is 8. The van der Waals surface area contributed by atoms with Crippen molar-refractivity contribution in [3.05, 3.63) is 65.3 Å². The van der Waals surface area contributed by atoms with Crippen LogP contribution in [0.25, 0.3) is 0 Å². The number of piperazine rings is 1. The van der Waals surface area contributed by atoms with Crippen molar-refractivity contribution >= 4 is 12.1 Å². The molecule has 0 spiro atoms. The first-order valence-corrected chi connectivity index (χ1v) is 15.2. The number of methoxy groups -OCH3 is 2. The van der Waals surface area contributed by atoms with E-state index in [2.05, 4.69) is 19.2 Å². The highest BCUT2D eigenvalue weighted by Crippen LogP contribution is 2.55. The summed E-state index contributed by atoms with van der Waals surface area (Å²) < 4.78 is 46.3. The third kappa shape index (κ3) is 5.17. The lowest BCUT2D eigenvalue weighted by molar-refractivity contribution is -0.179. The zero-order valence-corrected chi connectivity index (χ0v) is 26.8. The maximum Gasteiger partial charge on any atom is 0.411 e. The van der Waals surface area contributed by atoms with Gasteiger partial charge in [-0.05, 0) is 37.5 Å². The topological polar surface area (TPSA) is 138 Å². The van der Waals surface area contributed by atoms with Crippen molar-refractivity contribution in [1.29, 1.82) is 5.26 Å². The van der Waals surface area contributed by atoms with E-state index in [1.165, 1.54) is 13.2 Å². The molecule has 0 aliphatic carbocycles. The van der Waals surface area contributed by atoms with E-state index < -0.39 is 42.3 Å². The standard InChI is InChI=1S/C34H37N3O10/c1-7-9-42-32-26-20(11-18(3)29(32)41-6)12-22-23(14-35)36-24(28(26)37(22)34(39)43-10-8-2)15-44-33(38)27(36)21-13-25(45-16-40-5)19(4)30-31(21)47-17-46-30/h7-8,11,13,22-24,27-28H,1-2,9-10,12,15-17H2,3-6H3/t22-,23+,24+,27-,28+/m1/s1. The summed E-state index contributed by atoms with van der Waals surface area (Å²) in [6.45, 7) is 11.1. The van der Waals surface area contributed by atoms with Crippen LogP contribution in [-0.2, 0) is 25.4 Å². The van der Waals surface area contributed by atoms with Crippen LogP contribution in [0.2, 0.25) is 0 Å². The second kappa shape index (κ2) is 13.1. The van der Waals surface area contributed by atoms with Crippen molar-refractivity contribution in [1.82, 2.24) is 9.80 Å². The average molecular weight is 648 g/mol. The highest BCUT2D eigenvalue weighted by molar-refractivity contribution is 5.82. The average Bonchev–Trinajstić information content (AvgIpc) is 3.56. The number of aryl methyl sites for hydroxylation is 1. The van der Waals surface area contributed by atoms with Crippen molar-refractivity contribution in [3.63, 3.8) is 0 Å². The molecule has 5 atom stereocenters. The summed E-state index contributed by atoms with van der Waals surface area (Å²) in [5, 5.41) is 10.8. The molecule has 248 valence electrons. The summed E-state index contributed by atoms with van der Waals surface area (Å²) in [4.78, 5) is 31.2. The van der Waals surface area contributed by atoms with Crippen molar-refractivity contribution in [3.8, 4) is 34.8 Å². The highest BCUT2D eigenvalue weighted by Gasteiger charge is 2.60. The number of esters is 1. The van der Waals surface area contributed by atoms with Gasteiger partial charge in [-0.3, -0.25) is 9.80 Å². The molecule has 2 aromatic carbocycles. The lowest BCUT2D eigenvalue weighted by atomic mass is 9.75. The fourth-order valence-electron chi connectivity index (χ4n) is 7.23. The molecule has 0 unspecified atom stereocenters. The minimum atomic E-state index is -1.11. The molecule has 0 saturated carbocycles. The summed E-state index contributed by atoms with van der Waals surface area (Å²) in [6, 6.07) is 1.86. The third-order valence-electron chi connectivity index (χ3n) is 8.99. The number of amides is 1. The summed E-state index contributed by atoms with van der Waals surface area (Å²) in [5.41, 5.74) is 3.49. The molecular formula is C34H37N3O10. The fraction of sp³-hybridized carbons (Fsp3) is 0.441. The van der Waals surface area contributed by atoms with E-state index >= 15 is 0 Å². The predicted molar refractivity (Wildman–Crippen MR) is 166 cm³/mol. The second-order valence-electron chi connectivity index (χ2n) is 11.5. The van der Waals surface area contributed by atoms with E-state index in [0.717, 1.165) is 11.1 Å². The van der Waals surface area contributed by atoms with E-state index in [0.29, 0.717) is 45.4 Å². The Kier molecular flexibility index (Phi) is 8.90. The Morgan fingerprint density at radius 2 is 1.83 bits per heavy atom. The van der Waals surface area contributed by atoms with Gasteiger partial charge in [-0.25, -0.2) is 9.59 Å². The lowest BCUT2D eigenvalue weighted by Gasteiger charge is -2.58. The summed E-state index contributed by atoms with van der Waals surface area (Å²) in [6.07, 6.45) is 2.75. The van der Waals surface area contributed by atoms with E-state index in [1.54, 1.807) is 24.2 Å². The maximum absolute atomic E-state index is 13.9. The van der Waals surface area contributed by atoms with Gasteiger partial charge < -0.3 is 37.9 Å². The number of carbonyl (C=O) groups is 2. The summed E-state index contributed by atoms with van der Waals surface area (Å²) in [5.74, 6) is 1.58. The van der Waals surface area contributed by atoms with Gasteiger partial charge in [0.15, 0.2) is 29.8 Å². The quantitative estimate of drug-likeness (QED) is 0.209. The van der Waals surface area contributed by atoms with Gasteiger partial charge in [-0.1, -0.05) is 31.4 Å². The molecule has 6 rings (SSSR count). The van der Waals surface area contributed by atoms with E-state index in [4.69, 9.17) is 37.9 Å². The molecule has 2 saturated heterocycles. The molecule has 2 bridgehead atoms. The van der Waals surface area contributed by atoms with E-state index in [-0.39, 0.29) is 39.8 Å². The number of carbonyl (C=O) groups excluding carboxylic acids is 2. The normalized spacial score (nSPS) is 23.9. The molecule has 4 aliphatic rings. The Bertz CT molecular complexity index is 1650. The molecule has 4 heterocycles. The van der Waals surface area contributed by atoms with Crippen molar-refractivity contribution in [2.45, 2.75) is 50.5 Å². The second-order valence-corrected chi connectivity index (χ2v) is 11.5. The maximum atomic E-state index is 13.9. The Morgan fingerprint density at radius 3 is 2.53 bits per heavy atom. The zero-order valence-electron chi connectivity index (χ0n) is 26.8. The molecule has 1 amide bonds. The lowest BCUT2D eigenvalue weighted by Crippen LogP contribution is -2.71. The minimum absolute atomic E-state index is 0.0288. The molecule has 13 heteroatoms. The number of nitrogens with zero attached hydrogens (tertiary/aromatic N) is 3. The van der Waals surface area contributed by atoms with Crippen LogP contribution in [0.4, 0.5) is 4.79 Å². The van der Waals surface area contributed by atoms with Gasteiger partial charge in [0.1, 0.15) is 37.7 Å². The molecule has 0 aromatic heterocycles. The smallest absolute Gasteiger partial charge is 0.411 e. The first-order chi connectivity index (χ1) is 22.8. The molecule has 4 aliphatic heterocycles. The first-order valence-electron chi connectivity index (χ1n) is 15.2. The van der Waals surface area contributed by atoms with Crippen molar-refractivity contribution < 1.29 is 47.5 Å². The minimum Gasteiger partial charge on any atom is -0.493 e. The fourth-order valence-corrected chi connectivity index (χ4v) is 7.23. The zero-order chi connectivity index (χ0) is 33.4.